The van der Waals surface area contributed by atoms with Gasteiger partial charge in [0, 0.05) is 16.4 Å². The molecule has 1 saturated heterocycles. The molecule has 1 fully saturated rings. The Labute approximate surface area is 142 Å². The third-order valence-electron chi connectivity index (χ3n) is 3.28. The van der Waals surface area contributed by atoms with E-state index in [0.717, 1.165) is 30.3 Å². The molecule has 1 aliphatic rings. The van der Waals surface area contributed by atoms with Crippen LogP contribution in [0.25, 0.3) is 0 Å². The quantitative estimate of drug-likeness (QED) is 0.340. The van der Waals surface area contributed by atoms with Crippen molar-refractivity contribution in [3.8, 4) is 0 Å². The van der Waals surface area contributed by atoms with Crippen LogP contribution in [-0.2, 0) is 15.9 Å². The van der Waals surface area contributed by atoms with Crippen LogP contribution in [0.4, 0.5) is 0 Å². The van der Waals surface area contributed by atoms with E-state index in [4.69, 9.17) is 9.47 Å². The second-order valence-corrected chi connectivity index (χ2v) is 6.61. The van der Waals surface area contributed by atoms with Gasteiger partial charge in [0.15, 0.2) is 5.79 Å². The Bertz CT molecular complexity index is 428. The molecule has 1 heterocycles. The van der Waals surface area contributed by atoms with Crippen LogP contribution in [0.2, 0.25) is 0 Å². The Morgan fingerprint density at radius 1 is 1.47 bits per heavy atom. The van der Waals surface area contributed by atoms with Crippen LogP contribution in [0.1, 0.15) is 18.4 Å². The summed E-state index contributed by atoms with van der Waals surface area (Å²) in [5, 5.41) is 0. The predicted octanol–water partition coefficient (Wildman–Crippen LogP) is 4.35. The average Bonchev–Trinajstić information content (AvgIpc) is 2.89. The van der Waals surface area contributed by atoms with Crippen molar-refractivity contribution in [1.29, 1.82) is 0 Å². The lowest BCUT2D eigenvalue weighted by molar-refractivity contribution is -0.207. The number of alkyl halides is 1. The van der Waals surface area contributed by atoms with Crippen LogP contribution in [0.15, 0.2) is 36.9 Å². The second kappa shape index (κ2) is 7.38. The van der Waals surface area contributed by atoms with Gasteiger partial charge in [-0.3, -0.25) is 0 Å². The molecule has 2 rings (SSSR count). The number of ether oxygens (including phenoxy) is 2. The highest BCUT2D eigenvalue weighted by Crippen LogP contribution is 2.31. The molecule has 0 bridgehead atoms. The molecule has 1 aromatic carbocycles. The minimum absolute atomic E-state index is 0.00350. The topological polar surface area (TPSA) is 18.5 Å². The van der Waals surface area contributed by atoms with E-state index in [0.29, 0.717) is 0 Å². The van der Waals surface area contributed by atoms with Gasteiger partial charge in [-0.15, -0.1) is 6.58 Å². The van der Waals surface area contributed by atoms with E-state index in [1.807, 2.05) is 6.08 Å². The Hall–Kier alpha value is 0.340. The molecule has 0 aromatic heterocycles. The van der Waals surface area contributed by atoms with E-state index in [1.54, 1.807) is 0 Å². The molecular weight excluding hydrogens is 466 g/mol. The molecule has 0 spiro atoms. The first-order valence-corrected chi connectivity index (χ1v) is 9.03. The first-order chi connectivity index (χ1) is 9.19. The molecule has 0 N–H and O–H groups in total. The molecule has 1 aliphatic heterocycles. The van der Waals surface area contributed by atoms with Crippen LogP contribution >= 0.6 is 45.2 Å². The van der Waals surface area contributed by atoms with Gasteiger partial charge in [-0.2, -0.15) is 0 Å². The van der Waals surface area contributed by atoms with E-state index in [2.05, 4.69) is 76.0 Å². The smallest absolute Gasteiger partial charge is 0.178 e. The Morgan fingerprint density at radius 3 is 2.84 bits per heavy atom. The summed E-state index contributed by atoms with van der Waals surface area (Å²) in [6.45, 7) is 4.71. The van der Waals surface area contributed by atoms with Crippen molar-refractivity contribution in [2.45, 2.75) is 31.2 Å². The van der Waals surface area contributed by atoms with E-state index in [9.17, 15) is 0 Å². The summed E-state index contributed by atoms with van der Waals surface area (Å²) in [5.74, 6) is -0.403. The lowest BCUT2D eigenvalue weighted by Gasteiger charge is -2.30. The highest BCUT2D eigenvalue weighted by atomic mass is 127. The lowest BCUT2D eigenvalue weighted by atomic mass is 10.1. The van der Waals surface area contributed by atoms with Gasteiger partial charge in [-0.1, -0.05) is 46.9 Å². The van der Waals surface area contributed by atoms with E-state index in [1.165, 1.54) is 9.13 Å². The molecule has 1 unspecified atom stereocenters. The van der Waals surface area contributed by atoms with Crippen LogP contribution in [0.5, 0.6) is 0 Å². The van der Waals surface area contributed by atoms with Crippen molar-refractivity contribution >= 4 is 45.2 Å². The fourth-order valence-corrected chi connectivity index (χ4v) is 3.62. The van der Waals surface area contributed by atoms with Gasteiger partial charge in [-0.05, 0) is 40.6 Å². The molecule has 0 saturated carbocycles. The molecule has 0 amide bonds. The van der Waals surface area contributed by atoms with Crippen molar-refractivity contribution < 1.29 is 9.47 Å². The summed E-state index contributed by atoms with van der Waals surface area (Å²) in [4.78, 5) is 0. The molecule has 2 nitrogen and oxygen atoms in total. The molecular formula is C15H18I2O2. The average molecular weight is 484 g/mol. The van der Waals surface area contributed by atoms with Crippen LogP contribution in [0, 0.1) is 3.57 Å². The van der Waals surface area contributed by atoms with Crippen LogP contribution in [0.3, 0.4) is 0 Å². The maximum Gasteiger partial charge on any atom is 0.178 e. The Kier molecular flexibility index (Phi) is 6.11. The SMILES string of the molecule is C=CC(Cc1ccccc1I)O[C@]1(CI)CCCO1. The molecule has 104 valence electrons. The highest BCUT2D eigenvalue weighted by molar-refractivity contribution is 14.1. The largest absolute Gasteiger partial charge is 0.349 e. The van der Waals surface area contributed by atoms with E-state index < -0.39 is 5.79 Å². The monoisotopic (exact) mass is 484 g/mol. The van der Waals surface area contributed by atoms with E-state index in [-0.39, 0.29) is 6.10 Å². The summed E-state index contributed by atoms with van der Waals surface area (Å²) in [5.41, 5.74) is 1.30. The molecule has 1 aromatic rings. The summed E-state index contributed by atoms with van der Waals surface area (Å²) >= 11 is 4.71. The van der Waals surface area contributed by atoms with Gasteiger partial charge in [0.05, 0.1) is 17.1 Å². The zero-order chi connectivity index (χ0) is 13.7. The van der Waals surface area contributed by atoms with Gasteiger partial charge in [0.1, 0.15) is 0 Å². The number of rotatable bonds is 6. The lowest BCUT2D eigenvalue weighted by Crippen LogP contribution is -2.38. The fraction of sp³-hybridized carbons (Fsp3) is 0.467. The van der Waals surface area contributed by atoms with Gasteiger partial charge in [0.25, 0.3) is 0 Å². The number of benzene rings is 1. The minimum Gasteiger partial charge on any atom is -0.349 e. The number of hydrogen-bond donors (Lipinski definition) is 0. The van der Waals surface area contributed by atoms with Crippen LogP contribution in [-0.4, -0.2) is 22.9 Å². The standard InChI is InChI=1S/C15H18I2O2/c1-2-13(10-12-6-3-4-7-14(12)17)19-15(11-16)8-5-9-18-15/h2-4,6-7,13H,1,5,8-11H2/t13?,15-/m0/s1. The Morgan fingerprint density at radius 2 is 2.26 bits per heavy atom. The van der Waals surface area contributed by atoms with Gasteiger partial charge < -0.3 is 9.47 Å². The van der Waals surface area contributed by atoms with Gasteiger partial charge in [0.2, 0.25) is 0 Å². The predicted molar refractivity (Wildman–Crippen MR) is 94.7 cm³/mol. The molecule has 0 radical (unpaired) electrons. The van der Waals surface area contributed by atoms with Gasteiger partial charge in [-0.25, -0.2) is 0 Å². The zero-order valence-electron chi connectivity index (χ0n) is 10.8. The third-order valence-corrected chi connectivity index (χ3v) is 5.49. The second-order valence-electron chi connectivity index (χ2n) is 4.68. The molecule has 4 heteroatoms. The normalized spacial score (nSPS) is 24.3. The first-order valence-electron chi connectivity index (χ1n) is 6.43. The number of hydrogen-bond acceptors (Lipinski definition) is 2. The van der Waals surface area contributed by atoms with Crippen molar-refractivity contribution in [2.24, 2.45) is 0 Å². The Balaban J connectivity index is 2.04. The van der Waals surface area contributed by atoms with Crippen molar-refractivity contribution in [1.82, 2.24) is 0 Å². The molecule has 2 atom stereocenters. The minimum atomic E-state index is -0.403. The maximum absolute atomic E-state index is 6.21. The molecule has 0 aliphatic carbocycles. The zero-order valence-corrected chi connectivity index (χ0v) is 15.1. The summed E-state index contributed by atoms with van der Waals surface area (Å²) in [7, 11) is 0. The summed E-state index contributed by atoms with van der Waals surface area (Å²) in [6, 6.07) is 8.39. The van der Waals surface area contributed by atoms with Crippen molar-refractivity contribution in [3.63, 3.8) is 0 Å². The number of halogens is 2. The maximum atomic E-state index is 6.21. The van der Waals surface area contributed by atoms with Crippen LogP contribution < -0.4 is 0 Å². The third kappa shape index (κ3) is 4.15. The summed E-state index contributed by atoms with van der Waals surface area (Å²) < 4.78 is 14.1. The van der Waals surface area contributed by atoms with Gasteiger partial charge >= 0.3 is 0 Å². The van der Waals surface area contributed by atoms with E-state index >= 15 is 0 Å². The highest BCUT2D eigenvalue weighted by Gasteiger charge is 2.37. The fourth-order valence-electron chi connectivity index (χ4n) is 2.23. The van der Waals surface area contributed by atoms with Crippen molar-refractivity contribution in [3.05, 3.63) is 46.1 Å². The van der Waals surface area contributed by atoms with Crippen molar-refractivity contribution in [2.75, 3.05) is 11.0 Å². The first kappa shape index (κ1) is 15.7. The summed E-state index contributed by atoms with van der Waals surface area (Å²) in [6.07, 6.45) is 4.80. The molecule has 19 heavy (non-hydrogen) atoms.